The van der Waals surface area contributed by atoms with Crippen molar-refractivity contribution in [2.75, 3.05) is 6.56 Å². The Morgan fingerprint density at radius 2 is 2.10 bits per heavy atom. The molecule has 4 aliphatic carbocycles. The highest BCUT2D eigenvalue weighted by Gasteiger charge is 2.75. The van der Waals surface area contributed by atoms with E-state index in [1.165, 1.54) is 26.8 Å². The van der Waals surface area contributed by atoms with Crippen molar-refractivity contribution in [3.8, 4) is 0 Å². The van der Waals surface area contributed by atoms with Gasteiger partial charge in [0.25, 0.3) is 0 Å². The van der Waals surface area contributed by atoms with E-state index in [9.17, 15) is 24.6 Å². The molecule has 0 aromatic carbocycles. The minimum Gasteiger partial charge on any atom is -0.458 e. The van der Waals surface area contributed by atoms with Crippen LogP contribution in [0.3, 0.4) is 0 Å². The topological polar surface area (TPSA) is 101 Å². The quantitative estimate of drug-likeness (QED) is 0.655. The lowest BCUT2D eigenvalue weighted by molar-refractivity contribution is -0.219. The Hall–Kier alpha value is -1.86. The minimum atomic E-state index is -3.18. The van der Waals surface area contributed by atoms with Gasteiger partial charge in [0.05, 0.1) is 10.2 Å². The molecule has 2 N–H and O–H groups in total. The van der Waals surface area contributed by atoms with E-state index in [1.807, 2.05) is 0 Å². The number of rotatable bonds is 3. The maximum atomic E-state index is 17.4. The lowest BCUT2D eigenvalue weighted by Gasteiger charge is -2.62. The van der Waals surface area contributed by atoms with Gasteiger partial charge in [-0.05, 0) is 56.5 Å². The fourth-order valence-corrected chi connectivity index (χ4v) is 6.74. The highest BCUT2D eigenvalue weighted by Crippen LogP contribution is 2.70. The second-order valence-corrected chi connectivity index (χ2v) is 9.83. The molecule has 0 radical (unpaired) electrons. The number of aliphatic hydroxyl groups excluding tert-OH is 1. The number of carbonyl (C=O) groups is 3. The summed E-state index contributed by atoms with van der Waals surface area (Å²) < 4.78 is 63.6. The van der Waals surface area contributed by atoms with Gasteiger partial charge in [0.15, 0.2) is 18.0 Å². The largest absolute Gasteiger partial charge is 0.458 e. The average molecular weight is 440 g/mol. The minimum absolute atomic E-state index is 0.0134. The number of hydrogen-bond donors (Lipinski definition) is 2. The summed E-state index contributed by atoms with van der Waals surface area (Å²) in [6.45, 7) is 2.02. The maximum Gasteiger partial charge on any atom is 0.303 e. The van der Waals surface area contributed by atoms with E-state index in [-0.39, 0.29) is 12.0 Å². The van der Waals surface area contributed by atoms with Crippen molar-refractivity contribution < 1.29 is 40.6 Å². The second-order valence-electron chi connectivity index (χ2n) is 9.83. The zero-order valence-electron chi connectivity index (χ0n) is 23.0. The normalized spacial score (nSPS) is 53.1. The third kappa shape index (κ3) is 2.65. The van der Waals surface area contributed by atoms with E-state index in [1.54, 1.807) is 0 Å². The molecule has 3 saturated carbocycles. The molecule has 8 atom stereocenters. The first-order valence-corrected chi connectivity index (χ1v) is 10.5. The van der Waals surface area contributed by atoms with Crippen LogP contribution in [0.2, 0.25) is 0 Å². The maximum absolute atomic E-state index is 17.4. The summed E-state index contributed by atoms with van der Waals surface area (Å²) in [5, 5.41) is 23.2. The SMILES string of the molecule is [2H]C1=C2C([2H])([2H])C[C@H]3[C@@H]4C[C@H](C)[C@](O)(C(=O)C([2H])([2H])OC(C)=O)[C@@]4(C)C[C@H](O)[C@]3(F)[C@@]2(C)C=CC1=O. The van der Waals surface area contributed by atoms with Gasteiger partial charge in [-0.25, -0.2) is 4.39 Å². The monoisotopic (exact) mass is 439 g/mol. The molecule has 7 heteroatoms. The van der Waals surface area contributed by atoms with Crippen LogP contribution in [0, 0.1) is 28.6 Å². The molecular formula is C24H31FO6. The van der Waals surface area contributed by atoms with Gasteiger partial charge < -0.3 is 14.9 Å². The van der Waals surface area contributed by atoms with Crippen LogP contribution in [0.25, 0.3) is 0 Å². The number of allylic oxidation sites excluding steroid dienone is 4. The van der Waals surface area contributed by atoms with E-state index in [2.05, 4.69) is 4.74 Å². The summed E-state index contributed by atoms with van der Waals surface area (Å²) in [4.78, 5) is 37.0. The van der Waals surface area contributed by atoms with E-state index >= 15 is 4.39 Å². The Bertz CT molecular complexity index is 1120. The van der Waals surface area contributed by atoms with Crippen molar-refractivity contribution >= 4 is 17.5 Å². The number of aliphatic hydroxyl groups is 2. The zero-order valence-corrected chi connectivity index (χ0v) is 18.0. The van der Waals surface area contributed by atoms with Gasteiger partial charge in [0, 0.05) is 26.4 Å². The number of Topliss-reactive ketones (excluding diaryl/α,β-unsaturated/α-hetero) is 1. The molecular weight excluding hydrogens is 403 g/mol. The molecule has 0 bridgehead atoms. The number of carbonyl (C=O) groups excluding carboxylic acids is 3. The number of ketones is 2. The average Bonchev–Trinajstić information content (AvgIpc) is 2.93. The first-order valence-electron chi connectivity index (χ1n) is 13.0. The Morgan fingerprint density at radius 3 is 2.74 bits per heavy atom. The van der Waals surface area contributed by atoms with Crippen LogP contribution < -0.4 is 0 Å². The van der Waals surface area contributed by atoms with Gasteiger partial charge in [-0.3, -0.25) is 14.4 Å². The Kier molecular flexibility index (Phi) is 3.68. The van der Waals surface area contributed by atoms with E-state index in [0.29, 0.717) is 0 Å². The molecule has 0 aromatic heterocycles. The van der Waals surface area contributed by atoms with Crippen molar-refractivity contribution in [2.24, 2.45) is 28.6 Å². The fourth-order valence-electron chi connectivity index (χ4n) is 6.74. The number of ether oxygens (including phenoxy) is 1. The summed E-state index contributed by atoms with van der Waals surface area (Å²) in [5.41, 5.74) is -8.77. The first kappa shape index (κ1) is 16.7. The van der Waals surface area contributed by atoms with Gasteiger partial charge in [0.2, 0.25) is 5.78 Å². The summed E-state index contributed by atoms with van der Waals surface area (Å²) in [6, 6.07) is -0.651. The summed E-state index contributed by atoms with van der Waals surface area (Å²) in [6.07, 6.45) is -2.92. The highest BCUT2D eigenvalue weighted by atomic mass is 19.1. The number of halogens is 1. The molecule has 0 heterocycles. The van der Waals surface area contributed by atoms with Crippen molar-refractivity contribution in [3.63, 3.8) is 0 Å². The van der Waals surface area contributed by atoms with Crippen LogP contribution in [0.15, 0.2) is 23.8 Å². The number of alkyl halides is 1. The Morgan fingerprint density at radius 1 is 1.42 bits per heavy atom. The molecule has 4 rings (SSSR count). The van der Waals surface area contributed by atoms with Gasteiger partial charge in [0.1, 0.15) is 5.60 Å². The highest BCUT2D eigenvalue weighted by molar-refractivity contribution is 6.01. The lowest BCUT2D eigenvalue weighted by Crippen LogP contribution is -2.69. The van der Waals surface area contributed by atoms with Gasteiger partial charge in [-0.15, -0.1) is 0 Å². The molecule has 6 nitrogen and oxygen atoms in total. The lowest BCUT2D eigenvalue weighted by atomic mass is 9.44. The van der Waals surface area contributed by atoms with Gasteiger partial charge in [-0.1, -0.05) is 25.5 Å². The third-order valence-electron chi connectivity index (χ3n) is 8.40. The molecule has 0 aromatic rings. The van der Waals surface area contributed by atoms with Gasteiger partial charge in [-0.2, -0.15) is 0 Å². The summed E-state index contributed by atoms with van der Waals surface area (Å²) in [5.74, 6) is -6.31. The molecule has 0 amide bonds. The molecule has 31 heavy (non-hydrogen) atoms. The smallest absolute Gasteiger partial charge is 0.303 e. The third-order valence-corrected chi connectivity index (χ3v) is 8.40. The zero-order chi connectivity index (χ0) is 27.4. The Labute approximate surface area is 188 Å². The standard InChI is InChI=1S/C24H31FO6/c1-13-9-18-17-6-5-15-10-16(27)7-8-21(15,3)23(17,25)19(28)11-22(18,4)24(13,30)20(29)12-31-14(2)26/h7-8,10,13,17-19,28,30H,5-6,9,11-12H2,1-4H3/t13-,17-,18-,19-,21-,22-,23-,24-/m0/s1/i5D2,10D,12D2. The predicted molar refractivity (Wildman–Crippen MR) is 109 cm³/mol. The molecule has 170 valence electrons. The van der Waals surface area contributed by atoms with Crippen LogP contribution in [0.4, 0.5) is 4.39 Å². The number of esters is 1. The van der Waals surface area contributed by atoms with E-state index < -0.39 is 95.3 Å². The van der Waals surface area contributed by atoms with E-state index in [4.69, 9.17) is 6.85 Å². The predicted octanol–water partition coefficient (Wildman–Crippen LogP) is 2.47. The van der Waals surface area contributed by atoms with E-state index in [0.717, 1.165) is 13.0 Å². The summed E-state index contributed by atoms with van der Waals surface area (Å²) >= 11 is 0. The molecule has 3 fully saturated rings. The van der Waals surface area contributed by atoms with Crippen molar-refractivity contribution in [1.29, 1.82) is 0 Å². The Balaban J connectivity index is 1.88. The van der Waals surface area contributed by atoms with Crippen molar-refractivity contribution in [3.05, 3.63) is 23.8 Å². The number of hydrogen-bond acceptors (Lipinski definition) is 6. The van der Waals surface area contributed by atoms with Crippen LogP contribution in [-0.2, 0) is 19.1 Å². The van der Waals surface area contributed by atoms with Crippen LogP contribution in [-0.4, -0.2) is 51.7 Å². The molecule has 0 aliphatic heterocycles. The van der Waals surface area contributed by atoms with Gasteiger partial charge >= 0.3 is 5.97 Å². The molecule has 4 aliphatic rings. The summed E-state index contributed by atoms with van der Waals surface area (Å²) in [7, 11) is 0. The van der Waals surface area contributed by atoms with Crippen molar-refractivity contribution in [2.45, 2.75) is 70.7 Å². The molecule has 0 saturated heterocycles. The first-order chi connectivity index (χ1) is 16.2. The van der Waals surface area contributed by atoms with Crippen molar-refractivity contribution in [1.82, 2.24) is 0 Å². The van der Waals surface area contributed by atoms with Crippen LogP contribution in [0.1, 0.15) is 60.2 Å². The van der Waals surface area contributed by atoms with Crippen LogP contribution >= 0.6 is 0 Å². The molecule has 0 spiro atoms. The fraction of sp³-hybridized carbons (Fsp3) is 0.708. The second kappa shape index (κ2) is 6.82. The number of fused-ring (bicyclic) bond motifs is 5. The van der Waals surface area contributed by atoms with Crippen LogP contribution in [0.5, 0.6) is 0 Å². The molecule has 0 unspecified atom stereocenters.